The summed E-state index contributed by atoms with van der Waals surface area (Å²) in [7, 11) is 1.37. The highest BCUT2D eigenvalue weighted by Crippen LogP contribution is 2.22. The third kappa shape index (κ3) is 2.79. The molecule has 0 fully saturated rings. The van der Waals surface area contributed by atoms with E-state index >= 15 is 0 Å². The van der Waals surface area contributed by atoms with Crippen molar-refractivity contribution in [2.24, 2.45) is 5.73 Å². The Morgan fingerprint density at radius 2 is 2.27 bits per heavy atom. The van der Waals surface area contributed by atoms with Crippen molar-refractivity contribution in [2.45, 2.75) is 12.8 Å². The van der Waals surface area contributed by atoms with Gasteiger partial charge in [-0.1, -0.05) is 28.1 Å². The largest absolute Gasteiger partial charge is 0.469 e. The molecule has 0 aliphatic carbocycles. The monoisotopic (exact) mass is 271 g/mol. The van der Waals surface area contributed by atoms with Crippen LogP contribution >= 0.6 is 15.9 Å². The average molecular weight is 272 g/mol. The smallest absolute Gasteiger partial charge is 0.314 e. The van der Waals surface area contributed by atoms with Gasteiger partial charge in [-0.05, 0) is 24.1 Å². The van der Waals surface area contributed by atoms with Crippen LogP contribution in [-0.4, -0.2) is 19.6 Å². The molecule has 15 heavy (non-hydrogen) atoms. The molecular formula is C11H14BrNO2. The van der Waals surface area contributed by atoms with Gasteiger partial charge in [0, 0.05) is 11.0 Å². The Bertz CT molecular complexity index is 366. The molecule has 0 heterocycles. The van der Waals surface area contributed by atoms with E-state index in [2.05, 4.69) is 15.9 Å². The van der Waals surface area contributed by atoms with E-state index in [1.54, 1.807) is 0 Å². The normalized spacial score (nSPS) is 12.3. The fourth-order valence-corrected chi connectivity index (χ4v) is 1.64. The second-order valence-electron chi connectivity index (χ2n) is 3.32. The predicted molar refractivity (Wildman–Crippen MR) is 62.7 cm³/mol. The van der Waals surface area contributed by atoms with E-state index < -0.39 is 0 Å². The number of rotatable bonds is 3. The molecule has 0 saturated heterocycles. The molecule has 0 saturated carbocycles. The van der Waals surface area contributed by atoms with Crippen LogP contribution in [0, 0.1) is 6.92 Å². The van der Waals surface area contributed by atoms with E-state index in [0.717, 1.165) is 15.6 Å². The van der Waals surface area contributed by atoms with Crippen molar-refractivity contribution in [3.63, 3.8) is 0 Å². The quantitative estimate of drug-likeness (QED) is 0.856. The van der Waals surface area contributed by atoms with E-state index in [9.17, 15) is 4.79 Å². The summed E-state index contributed by atoms with van der Waals surface area (Å²) < 4.78 is 5.72. The third-order valence-corrected chi connectivity index (χ3v) is 3.20. The van der Waals surface area contributed by atoms with Crippen molar-refractivity contribution in [3.8, 4) is 0 Å². The van der Waals surface area contributed by atoms with E-state index in [-0.39, 0.29) is 18.4 Å². The molecule has 0 bridgehead atoms. The van der Waals surface area contributed by atoms with Crippen LogP contribution in [0.25, 0.3) is 0 Å². The summed E-state index contributed by atoms with van der Waals surface area (Å²) in [5.41, 5.74) is 7.53. The lowest BCUT2D eigenvalue weighted by molar-refractivity contribution is -0.142. The number of ether oxygens (including phenoxy) is 1. The van der Waals surface area contributed by atoms with Gasteiger partial charge in [-0.25, -0.2) is 0 Å². The van der Waals surface area contributed by atoms with Crippen molar-refractivity contribution in [1.82, 2.24) is 0 Å². The number of carbonyl (C=O) groups is 1. The highest BCUT2D eigenvalue weighted by atomic mass is 79.9. The number of hydrogen-bond acceptors (Lipinski definition) is 3. The lowest BCUT2D eigenvalue weighted by Gasteiger charge is -2.13. The Hall–Kier alpha value is -0.870. The molecule has 1 atom stereocenters. The number of nitrogens with two attached hydrogens (primary N) is 1. The molecule has 0 amide bonds. The molecule has 1 aromatic rings. The van der Waals surface area contributed by atoms with Crippen LogP contribution in [0.15, 0.2) is 22.7 Å². The van der Waals surface area contributed by atoms with Crippen molar-refractivity contribution in [2.75, 3.05) is 13.7 Å². The van der Waals surface area contributed by atoms with Crippen LogP contribution < -0.4 is 5.73 Å². The number of methoxy groups -OCH3 is 1. The highest BCUT2D eigenvalue weighted by molar-refractivity contribution is 9.10. The van der Waals surface area contributed by atoms with Gasteiger partial charge in [0.25, 0.3) is 0 Å². The lowest BCUT2D eigenvalue weighted by atomic mass is 9.98. The second kappa shape index (κ2) is 5.28. The molecule has 3 nitrogen and oxygen atoms in total. The number of benzene rings is 1. The second-order valence-corrected chi connectivity index (χ2v) is 4.17. The first kappa shape index (κ1) is 12.2. The van der Waals surface area contributed by atoms with Crippen molar-refractivity contribution in [1.29, 1.82) is 0 Å². The van der Waals surface area contributed by atoms with Crippen molar-refractivity contribution >= 4 is 21.9 Å². The summed E-state index contributed by atoms with van der Waals surface area (Å²) in [6, 6.07) is 5.74. The first-order chi connectivity index (χ1) is 7.10. The van der Waals surface area contributed by atoms with Crippen molar-refractivity contribution < 1.29 is 9.53 Å². The molecule has 0 aliphatic rings. The Labute approximate surface area is 97.7 Å². The zero-order chi connectivity index (χ0) is 11.4. The van der Waals surface area contributed by atoms with Crippen LogP contribution in [0.1, 0.15) is 17.0 Å². The molecule has 2 N–H and O–H groups in total. The number of hydrogen-bond donors (Lipinski definition) is 1. The molecule has 82 valence electrons. The van der Waals surface area contributed by atoms with Crippen LogP contribution in [0.3, 0.4) is 0 Å². The number of carbonyl (C=O) groups excluding carboxylic acids is 1. The summed E-state index contributed by atoms with van der Waals surface area (Å²) in [4.78, 5) is 11.4. The van der Waals surface area contributed by atoms with E-state index in [0.29, 0.717) is 0 Å². The van der Waals surface area contributed by atoms with E-state index in [4.69, 9.17) is 10.5 Å². The molecule has 0 aliphatic heterocycles. The Morgan fingerprint density at radius 1 is 1.60 bits per heavy atom. The molecule has 4 heteroatoms. The molecule has 1 unspecified atom stereocenters. The Balaban J connectivity index is 3.02. The number of esters is 1. The first-order valence-corrected chi connectivity index (χ1v) is 5.43. The molecule has 0 aromatic heterocycles. The average Bonchev–Trinajstić information content (AvgIpc) is 2.24. The molecular weight excluding hydrogens is 258 g/mol. The molecule has 0 radical (unpaired) electrons. The summed E-state index contributed by atoms with van der Waals surface area (Å²) >= 11 is 3.41. The zero-order valence-electron chi connectivity index (χ0n) is 8.79. The third-order valence-electron chi connectivity index (χ3n) is 2.31. The summed E-state index contributed by atoms with van der Waals surface area (Å²) in [5, 5.41) is 0. The molecule has 1 aromatic carbocycles. The lowest BCUT2D eigenvalue weighted by Crippen LogP contribution is -2.22. The van der Waals surface area contributed by atoms with E-state index in [1.165, 1.54) is 7.11 Å². The minimum Gasteiger partial charge on any atom is -0.469 e. The minimum absolute atomic E-state index is 0.258. The summed E-state index contributed by atoms with van der Waals surface area (Å²) in [5.74, 6) is -0.666. The summed E-state index contributed by atoms with van der Waals surface area (Å²) in [6.45, 7) is 2.23. The SMILES string of the molecule is COC(=O)C(CN)c1ccc(Br)c(C)c1. The van der Waals surface area contributed by atoms with Crippen LogP contribution in [0.5, 0.6) is 0 Å². The van der Waals surface area contributed by atoms with Gasteiger partial charge in [-0.15, -0.1) is 0 Å². The minimum atomic E-state index is -0.373. The van der Waals surface area contributed by atoms with E-state index in [1.807, 2.05) is 25.1 Å². The highest BCUT2D eigenvalue weighted by Gasteiger charge is 2.19. The van der Waals surface area contributed by atoms with Gasteiger partial charge in [0.2, 0.25) is 0 Å². The number of aryl methyl sites for hydroxylation is 1. The fourth-order valence-electron chi connectivity index (χ4n) is 1.40. The maximum atomic E-state index is 11.4. The van der Waals surface area contributed by atoms with Gasteiger partial charge < -0.3 is 10.5 Å². The van der Waals surface area contributed by atoms with Crippen LogP contribution in [0.2, 0.25) is 0 Å². The Morgan fingerprint density at radius 3 is 2.73 bits per heavy atom. The first-order valence-electron chi connectivity index (χ1n) is 4.64. The molecule has 1 rings (SSSR count). The van der Waals surface area contributed by atoms with Gasteiger partial charge in [-0.2, -0.15) is 0 Å². The van der Waals surface area contributed by atoms with Crippen LogP contribution in [0.4, 0.5) is 0 Å². The predicted octanol–water partition coefficient (Wildman–Crippen LogP) is 1.97. The number of halogens is 1. The van der Waals surface area contributed by atoms with Gasteiger partial charge >= 0.3 is 5.97 Å². The Kier molecular flexibility index (Phi) is 4.29. The van der Waals surface area contributed by atoms with Gasteiger partial charge in [0.1, 0.15) is 0 Å². The maximum absolute atomic E-state index is 11.4. The van der Waals surface area contributed by atoms with Gasteiger partial charge in [0.15, 0.2) is 0 Å². The summed E-state index contributed by atoms with van der Waals surface area (Å²) in [6.07, 6.45) is 0. The maximum Gasteiger partial charge on any atom is 0.314 e. The fraction of sp³-hybridized carbons (Fsp3) is 0.364. The molecule has 0 spiro atoms. The zero-order valence-corrected chi connectivity index (χ0v) is 10.4. The topological polar surface area (TPSA) is 52.3 Å². The standard InChI is InChI=1S/C11H14BrNO2/c1-7-5-8(3-4-10(7)12)9(6-13)11(14)15-2/h3-5,9H,6,13H2,1-2H3. The van der Waals surface area contributed by atoms with Gasteiger partial charge in [0.05, 0.1) is 13.0 Å². The van der Waals surface area contributed by atoms with Crippen molar-refractivity contribution in [3.05, 3.63) is 33.8 Å². The van der Waals surface area contributed by atoms with Crippen LogP contribution in [-0.2, 0) is 9.53 Å². The van der Waals surface area contributed by atoms with Gasteiger partial charge in [-0.3, -0.25) is 4.79 Å².